The summed E-state index contributed by atoms with van der Waals surface area (Å²) in [7, 11) is 0. The van der Waals surface area contributed by atoms with Crippen molar-refractivity contribution in [2.45, 2.75) is 6.92 Å². The first-order valence-electron chi connectivity index (χ1n) is 2.25. The average molecular weight is 103 g/mol. The molecule has 0 aliphatic heterocycles. The van der Waals surface area contributed by atoms with E-state index in [4.69, 9.17) is 10.8 Å². The van der Waals surface area contributed by atoms with Gasteiger partial charge < -0.3 is 10.8 Å². The van der Waals surface area contributed by atoms with E-state index >= 15 is 0 Å². The van der Waals surface area contributed by atoms with E-state index in [0.29, 0.717) is 6.54 Å². The van der Waals surface area contributed by atoms with Crippen LogP contribution in [0.2, 0.25) is 0 Å². The molecule has 44 valence electrons. The van der Waals surface area contributed by atoms with Crippen LogP contribution in [0.1, 0.15) is 6.92 Å². The molecule has 0 unspecified atom stereocenters. The third-order valence-electron chi connectivity index (χ3n) is 0.167. The Balaban J connectivity index is 0. The van der Waals surface area contributed by atoms with Gasteiger partial charge in [-0.05, 0) is 6.92 Å². The first-order chi connectivity index (χ1) is 3.33. The minimum Gasteiger partial charge on any atom is -0.397 e. The Kier molecular flexibility index (Phi) is 24.4. The molecule has 0 saturated heterocycles. The zero-order chi connectivity index (χ0) is 6.12. The molecule has 2 heteroatoms. The van der Waals surface area contributed by atoms with Crippen LogP contribution >= 0.6 is 0 Å². The van der Waals surface area contributed by atoms with Gasteiger partial charge in [-0.15, -0.1) is 6.58 Å². The van der Waals surface area contributed by atoms with E-state index in [1.165, 1.54) is 0 Å². The summed E-state index contributed by atoms with van der Waals surface area (Å²) in [5, 5.41) is 7.57. The first-order valence-corrected chi connectivity index (χ1v) is 2.25. The number of rotatable bonds is 1. The molecule has 0 fully saturated rings. The van der Waals surface area contributed by atoms with Gasteiger partial charge in [0.2, 0.25) is 0 Å². The van der Waals surface area contributed by atoms with Gasteiger partial charge >= 0.3 is 0 Å². The fourth-order valence-corrected chi connectivity index (χ4v) is 0. The number of hydrogen-bond donors (Lipinski definition) is 2. The van der Waals surface area contributed by atoms with Crippen molar-refractivity contribution in [2.75, 3.05) is 13.2 Å². The van der Waals surface area contributed by atoms with E-state index in [0.717, 1.165) is 0 Å². The summed E-state index contributed by atoms with van der Waals surface area (Å²) in [4.78, 5) is 0. The van der Waals surface area contributed by atoms with Gasteiger partial charge in [-0.1, -0.05) is 6.08 Å². The van der Waals surface area contributed by atoms with E-state index in [1.807, 2.05) is 0 Å². The highest BCUT2D eigenvalue weighted by Gasteiger charge is 1.43. The maximum absolute atomic E-state index is 7.57. The van der Waals surface area contributed by atoms with Crippen LogP contribution < -0.4 is 5.73 Å². The summed E-state index contributed by atoms with van der Waals surface area (Å²) in [5.74, 6) is 0. The molecule has 0 aromatic rings. The standard InChI is InChI=1S/C3H7N.C2H6O/c1-2-3-4;1-2-3/h2H,1,3-4H2;3H,2H2,1H3. The van der Waals surface area contributed by atoms with Gasteiger partial charge in [0.15, 0.2) is 0 Å². The van der Waals surface area contributed by atoms with Crippen LogP contribution in [0.4, 0.5) is 0 Å². The number of aliphatic hydroxyl groups excluding tert-OH is 1. The Labute approximate surface area is 44.6 Å². The van der Waals surface area contributed by atoms with Gasteiger partial charge in [0.05, 0.1) is 0 Å². The lowest BCUT2D eigenvalue weighted by Crippen LogP contribution is -1.90. The van der Waals surface area contributed by atoms with E-state index in [2.05, 4.69) is 6.58 Å². The van der Waals surface area contributed by atoms with E-state index in [9.17, 15) is 0 Å². The normalized spacial score (nSPS) is 6.14. The van der Waals surface area contributed by atoms with Crippen molar-refractivity contribution in [3.05, 3.63) is 12.7 Å². The van der Waals surface area contributed by atoms with Crippen molar-refractivity contribution in [1.29, 1.82) is 0 Å². The zero-order valence-corrected chi connectivity index (χ0v) is 4.72. The molecular weight excluding hydrogens is 90.1 g/mol. The summed E-state index contributed by atoms with van der Waals surface area (Å²) < 4.78 is 0. The molecule has 7 heavy (non-hydrogen) atoms. The minimum atomic E-state index is 0.250. The maximum Gasteiger partial charge on any atom is 0.0402 e. The van der Waals surface area contributed by atoms with Crippen molar-refractivity contribution < 1.29 is 5.11 Å². The summed E-state index contributed by atoms with van der Waals surface area (Å²) >= 11 is 0. The minimum absolute atomic E-state index is 0.250. The molecule has 0 bridgehead atoms. The third-order valence-corrected chi connectivity index (χ3v) is 0.167. The molecule has 0 atom stereocenters. The second kappa shape index (κ2) is 17.4. The number of nitrogens with two attached hydrogens (primary N) is 1. The Morgan fingerprint density at radius 3 is 2.00 bits per heavy atom. The van der Waals surface area contributed by atoms with Gasteiger partial charge in [0.1, 0.15) is 0 Å². The highest BCUT2D eigenvalue weighted by atomic mass is 16.2. The van der Waals surface area contributed by atoms with Crippen molar-refractivity contribution in [3.63, 3.8) is 0 Å². The summed E-state index contributed by atoms with van der Waals surface area (Å²) in [6, 6.07) is 0. The van der Waals surface area contributed by atoms with Gasteiger partial charge in [-0.2, -0.15) is 0 Å². The van der Waals surface area contributed by atoms with Gasteiger partial charge in [-0.3, -0.25) is 0 Å². The monoisotopic (exact) mass is 103 g/mol. The molecule has 3 N–H and O–H groups in total. The van der Waals surface area contributed by atoms with E-state index in [1.54, 1.807) is 13.0 Å². The molecule has 0 radical (unpaired) electrons. The topological polar surface area (TPSA) is 46.2 Å². The molecule has 0 rings (SSSR count). The fourth-order valence-electron chi connectivity index (χ4n) is 0. The van der Waals surface area contributed by atoms with E-state index < -0.39 is 0 Å². The predicted molar refractivity (Wildman–Crippen MR) is 32.0 cm³/mol. The highest BCUT2D eigenvalue weighted by molar-refractivity contribution is 4.64. The Morgan fingerprint density at radius 2 is 2.00 bits per heavy atom. The van der Waals surface area contributed by atoms with Crippen molar-refractivity contribution in [3.8, 4) is 0 Å². The fraction of sp³-hybridized carbons (Fsp3) is 0.600. The Hall–Kier alpha value is -0.340. The van der Waals surface area contributed by atoms with Crippen molar-refractivity contribution >= 4 is 0 Å². The molecule has 0 aromatic carbocycles. The van der Waals surface area contributed by atoms with Crippen LogP contribution in [0.5, 0.6) is 0 Å². The molecule has 0 heterocycles. The average Bonchev–Trinajstić information content (AvgIpc) is 1.69. The lowest BCUT2D eigenvalue weighted by atomic mass is 10.7. The Bertz CT molecular complexity index is 29.3. The SMILES string of the molecule is C=CCN.CCO. The first kappa shape index (κ1) is 9.83. The van der Waals surface area contributed by atoms with Crippen molar-refractivity contribution in [1.82, 2.24) is 0 Å². The molecule has 0 saturated carbocycles. The van der Waals surface area contributed by atoms with Gasteiger partial charge in [0.25, 0.3) is 0 Å². The predicted octanol–water partition coefficient (Wildman–Crippen LogP) is 0.130. The lowest BCUT2D eigenvalue weighted by molar-refractivity contribution is 0.318. The van der Waals surface area contributed by atoms with Crippen LogP contribution in [0.25, 0.3) is 0 Å². The van der Waals surface area contributed by atoms with Crippen LogP contribution in [-0.2, 0) is 0 Å². The summed E-state index contributed by atoms with van der Waals surface area (Å²) in [6.45, 7) is 5.87. The molecule has 0 aliphatic carbocycles. The largest absolute Gasteiger partial charge is 0.397 e. The van der Waals surface area contributed by atoms with Crippen LogP contribution in [0.15, 0.2) is 12.7 Å². The Morgan fingerprint density at radius 1 is 1.86 bits per heavy atom. The highest BCUT2D eigenvalue weighted by Crippen LogP contribution is 1.40. The van der Waals surface area contributed by atoms with E-state index in [-0.39, 0.29) is 6.61 Å². The quantitative estimate of drug-likeness (QED) is 0.463. The second-order valence-electron chi connectivity index (χ2n) is 0.841. The van der Waals surface area contributed by atoms with Crippen LogP contribution in [0.3, 0.4) is 0 Å². The van der Waals surface area contributed by atoms with Gasteiger partial charge in [-0.25, -0.2) is 0 Å². The molecular formula is C5H13NO. The van der Waals surface area contributed by atoms with Crippen LogP contribution in [-0.4, -0.2) is 18.3 Å². The maximum atomic E-state index is 7.57. The molecule has 2 nitrogen and oxygen atoms in total. The third kappa shape index (κ3) is 174. The lowest BCUT2D eigenvalue weighted by Gasteiger charge is -1.61. The molecule has 0 aliphatic rings. The number of aliphatic hydroxyl groups is 1. The smallest absolute Gasteiger partial charge is 0.0402 e. The molecule has 0 aromatic heterocycles. The second-order valence-corrected chi connectivity index (χ2v) is 0.841. The van der Waals surface area contributed by atoms with Gasteiger partial charge in [0, 0.05) is 13.2 Å². The van der Waals surface area contributed by atoms with Crippen LogP contribution in [0, 0.1) is 0 Å². The molecule has 0 amide bonds. The number of hydrogen-bond acceptors (Lipinski definition) is 2. The zero-order valence-electron chi connectivity index (χ0n) is 4.72. The van der Waals surface area contributed by atoms with Crippen molar-refractivity contribution in [2.24, 2.45) is 5.73 Å². The summed E-state index contributed by atoms with van der Waals surface area (Å²) in [5.41, 5.74) is 4.91. The molecule has 0 spiro atoms. The summed E-state index contributed by atoms with van der Waals surface area (Å²) in [6.07, 6.45) is 1.65.